The number of furan rings is 1. The van der Waals surface area contributed by atoms with Crippen molar-refractivity contribution in [2.24, 2.45) is 0 Å². The Morgan fingerprint density at radius 3 is 2.12 bits per heavy atom. The highest BCUT2D eigenvalue weighted by atomic mass is 32.2. The average Bonchev–Trinajstić information content (AvgIpc) is 3.17. The Morgan fingerprint density at radius 1 is 0.939 bits per heavy atom. The highest BCUT2D eigenvalue weighted by Crippen LogP contribution is 2.20. The molecular weight excluding hydrogens is 443 g/mol. The van der Waals surface area contributed by atoms with Crippen LogP contribution in [0.1, 0.15) is 36.5 Å². The van der Waals surface area contributed by atoms with Gasteiger partial charge in [-0.15, -0.1) is 0 Å². The quantitative estimate of drug-likeness (QED) is 0.454. The number of amides is 1. The standard InChI is InChI=1S/C25H29FN2O4S/c1-18(2)28(33(30,31)24-13-5-19(3)6-14-24)17-25(29)27(16-23-12-7-20(4)32-23)15-21-8-10-22(26)11-9-21/h5-14,18H,15-17H2,1-4H3. The molecule has 6 nitrogen and oxygen atoms in total. The number of halogens is 1. The summed E-state index contributed by atoms with van der Waals surface area (Å²) in [5, 5.41) is 0. The molecule has 176 valence electrons. The van der Waals surface area contributed by atoms with Crippen LogP contribution in [0.5, 0.6) is 0 Å². The van der Waals surface area contributed by atoms with Crippen molar-refractivity contribution in [2.45, 2.75) is 51.7 Å². The molecule has 0 aliphatic carbocycles. The molecule has 0 bridgehead atoms. The predicted molar refractivity (Wildman–Crippen MR) is 124 cm³/mol. The monoisotopic (exact) mass is 472 g/mol. The summed E-state index contributed by atoms with van der Waals surface area (Å²) in [5.41, 5.74) is 1.67. The lowest BCUT2D eigenvalue weighted by Gasteiger charge is -2.29. The third-order valence-electron chi connectivity index (χ3n) is 5.28. The average molecular weight is 473 g/mol. The van der Waals surface area contributed by atoms with E-state index in [2.05, 4.69) is 0 Å². The predicted octanol–water partition coefficient (Wildman–Crippen LogP) is 4.66. The Kier molecular flexibility index (Phi) is 7.71. The number of hydrogen-bond donors (Lipinski definition) is 0. The van der Waals surface area contributed by atoms with Gasteiger partial charge in [0.1, 0.15) is 17.3 Å². The number of aryl methyl sites for hydroxylation is 2. The highest BCUT2D eigenvalue weighted by Gasteiger charge is 2.31. The molecule has 2 aromatic carbocycles. The van der Waals surface area contributed by atoms with E-state index in [0.717, 1.165) is 11.1 Å². The molecule has 8 heteroatoms. The van der Waals surface area contributed by atoms with Gasteiger partial charge in [0.2, 0.25) is 15.9 Å². The second-order valence-electron chi connectivity index (χ2n) is 8.35. The molecular formula is C25H29FN2O4S. The zero-order valence-electron chi connectivity index (χ0n) is 19.3. The SMILES string of the molecule is Cc1ccc(S(=O)(=O)N(CC(=O)N(Cc2ccc(F)cc2)Cc2ccc(C)o2)C(C)C)cc1. The van der Waals surface area contributed by atoms with Crippen molar-refractivity contribution < 1.29 is 22.0 Å². The number of sulfonamides is 1. The van der Waals surface area contributed by atoms with E-state index in [0.29, 0.717) is 11.5 Å². The number of nitrogens with zero attached hydrogens (tertiary/aromatic N) is 2. The van der Waals surface area contributed by atoms with Gasteiger partial charge in [0.25, 0.3) is 0 Å². The molecule has 1 aromatic heterocycles. The van der Waals surface area contributed by atoms with E-state index < -0.39 is 16.1 Å². The number of benzene rings is 2. The summed E-state index contributed by atoms with van der Waals surface area (Å²) in [6.45, 7) is 7.19. The van der Waals surface area contributed by atoms with Gasteiger partial charge in [0.15, 0.2) is 0 Å². The Hall–Kier alpha value is -2.97. The molecule has 0 saturated heterocycles. The van der Waals surface area contributed by atoms with Crippen molar-refractivity contribution in [1.29, 1.82) is 0 Å². The van der Waals surface area contributed by atoms with E-state index >= 15 is 0 Å². The fraction of sp³-hybridized carbons (Fsp3) is 0.320. The molecule has 1 amide bonds. The first-order valence-electron chi connectivity index (χ1n) is 10.7. The fourth-order valence-corrected chi connectivity index (χ4v) is 5.01. The molecule has 0 radical (unpaired) electrons. The lowest BCUT2D eigenvalue weighted by molar-refractivity contribution is -0.133. The second-order valence-corrected chi connectivity index (χ2v) is 10.2. The summed E-state index contributed by atoms with van der Waals surface area (Å²) in [4.78, 5) is 15.0. The van der Waals surface area contributed by atoms with Crippen LogP contribution in [-0.2, 0) is 27.9 Å². The minimum Gasteiger partial charge on any atom is -0.464 e. The number of carbonyl (C=O) groups is 1. The van der Waals surface area contributed by atoms with Gasteiger partial charge in [0.05, 0.1) is 18.0 Å². The lowest BCUT2D eigenvalue weighted by atomic mass is 10.2. The molecule has 3 rings (SSSR count). The van der Waals surface area contributed by atoms with E-state index in [1.54, 1.807) is 62.4 Å². The number of hydrogen-bond acceptors (Lipinski definition) is 4. The minimum atomic E-state index is -3.88. The minimum absolute atomic E-state index is 0.140. The maximum atomic E-state index is 13.4. The normalized spacial score (nSPS) is 11.8. The summed E-state index contributed by atoms with van der Waals surface area (Å²) in [5.74, 6) is 0.552. The molecule has 0 aliphatic rings. The molecule has 0 unspecified atom stereocenters. The maximum absolute atomic E-state index is 13.4. The third kappa shape index (κ3) is 6.30. The van der Waals surface area contributed by atoms with Gasteiger partial charge in [-0.05, 0) is 69.7 Å². The molecule has 0 N–H and O–H groups in total. The Bertz CT molecular complexity index is 1190. The first kappa shape index (κ1) is 24.7. The lowest BCUT2D eigenvalue weighted by Crippen LogP contribution is -2.45. The first-order chi connectivity index (χ1) is 15.6. The molecule has 0 aliphatic heterocycles. The van der Waals surface area contributed by atoms with Crippen molar-refractivity contribution >= 4 is 15.9 Å². The van der Waals surface area contributed by atoms with Crippen LogP contribution >= 0.6 is 0 Å². The zero-order chi connectivity index (χ0) is 24.2. The van der Waals surface area contributed by atoms with Crippen molar-refractivity contribution in [1.82, 2.24) is 9.21 Å². The van der Waals surface area contributed by atoms with Crippen molar-refractivity contribution in [3.63, 3.8) is 0 Å². The van der Waals surface area contributed by atoms with E-state index in [4.69, 9.17) is 4.42 Å². The van der Waals surface area contributed by atoms with Crippen LogP contribution in [0.3, 0.4) is 0 Å². The van der Waals surface area contributed by atoms with Crippen LogP contribution in [0.25, 0.3) is 0 Å². The molecule has 0 saturated carbocycles. The smallest absolute Gasteiger partial charge is 0.243 e. The Labute approximate surface area is 194 Å². The van der Waals surface area contributed by atoms with Crippen molar-refractivity contribution in [3.8, 4) is 0 Å². The van der Waals surface area contributed by atoms with Gasteiger partial charge in [-0.3, -0.25) is 4.79 Å². The summed E-state index contributed by atoms with van der Waals surface area (Å²) in [6, 6.07) is 15.6. The number of rotatable bonds is 9. The third-order valence-corrected chi connectivity index (χ3v) is 7.31. The van der Waals surface area contributed by atoms with Gasteiger partial charge in [0, 0.05) is 12.6 Å². The van der Waals surface area contributed by atoms with Crippen LogP contribution in [-0.4, -0.2) is 36.1 Å². The highest BCUT2D eigenvalue weighted by molar-refractivity contribution is 7.89. The fourth-order valence-electron chi connectivity index (χ4n) is 3.42. The largest absolute Gasteiger partial charge is 0.464 e. The summed E-state index contributed by atoms with van der Waals surface area (Å²) in [6.07, 6.45) is 0. The molecule has 0 fully saturated rings. The van der Waals surface area contributed by atoms with E-state index in [-0.39, 0.29) is 36.3 Å². The van der Waals surface area contributed by atoms with E-state index in [1.165, 1.54) is 21.3 Å². The second kappa shape index (κ2) is 10.3. The van der Waals surface area contributed by atoms with Crippen LogP contribution in [0, 0.1) is 19.7 Å². The van der Waals surface area contributed by atoms with Crippen molar-refractivity contribution in [3.05, 3.63) is 89.1 Å². The summed E-state index contributed by atoms with van der Waals surface area (Å²) >= 11 is 0. The molecule has 33 heavy (non-hydrogen) atoms. The Balaban J connectivity index is 1.87. The molecule has 1 heterocycles. The van der Waals surface area contributed by atoms with E-state index in [1.807, 2.05) is 13.8 Å². The molecule has 0 atom stereocenters. The molecule has 0 spiro atoms. The van der Waals surface area contributed by atoms with Crippen molar-refractivity contribution in [2.75, 3.05) is 6.54 Å². The molecule has 3 aromatic rings. The Morgan fingerprint density at radius 2 is 1.58 bits per heavy atom. The van der Waals surface area contributed by atoms with Gasteiger partial charge in [-0.1, -0.05) is 29.8 Å². The van der Waals surface area contributed by atoms with Gasteiger partial charge in [-0.2, -0.15) is 4.31 Å². The zero-order valence-corrected chi connectivity index (χ0v) is 20.1. The van der Waals surface area contributed by atoms with Gasteiger partial charge < -0.3 is 9.32 Å². The topological polar surface area (TPSA) is 70.8 Å². The van der Waals surface area contributed by atoms with Crippen LogP contribution in [0.4, 0.5) is 4.39 Å². The first-order valence-corrected chi connectivity index (χ1v) is 12.2. The van der Waals surface area contributed by atoms with Crippen LogP contribution < -0.4 is 0 Å². The maximum Gasteiger partial charge on any atom is 0.243 e. The number of carbonyl (C=O) groups excluding carboxylic acids is 1. The van der Waals surface area contributed by atoms with Crippen LogP contribution in [0.2, 0.25) is 0 Å². The summed E-state index contributed by atoms with van der Waals surface area (Å²) in [7, 11) is -3.88. The van der Waals surface area contributed by atoms with Crippen LogP contribution in [0.15, 0.2) is 70.0 Å². The summed E-state index contributed by atoms with van der Waals surface area (Å²) < 4.78 is 46.8. The van der Waals surface area contributed by atoms with Gasteiger partial charge in [-0.25, -0.2) is 12.8 Å². The van der Waals surface area contributed by atoms with Gasteiger partial charge >= 0.3 is 0 Å². The van der Waals surface area contributed by atoms with E-state index in [9.17, 15) is 17.6 Å².